The third-order valence-corrected chi connectivity index (χ3v) is 1.53. The molecule has 0 radical (unpaired) electrons. The molecule has 12 heavy (non-hydrogen) atoms. The van der Waals surface area contributed by atoms with E-state index in [1.165, 1.54) is 4.90 Å². The van der Waals surface area contributed by atoms with Crippen molar-refractivity contribution in [3.63, 3.8) is 0 Å². The maximum absolute atomic E-state index is 11.0. The van der Waals surface area contributed by atoms with Crippen molar-refractivity contribution in [1.82, 2.24) is 10.2 Å². The number of hydrogen-bond acceptors (Lipinski definition) is 2. The van der Waals surface area contributed by atoms with Crippen LogP contribution >= 0.6 is 17.0 Å². The van der Waals surface area contributed by atoms with E-state index in [0.717, 1.165) is 0 Å². The molecule has 5 nitrogen and oxygen atoms in total. The highest BCUT2D eigenvalue weighted by Crippen LogP contribution is 2.12. The van der Waals surface area contributed by atoms with Gasteiger partial charge in [-0.25, -0.2) is 4.79 Å². The smallest absolute Gasteiger partial charge is 0.324 e. The molecule has 0 aromatic heterocycles. The summed E-state index contributed by atoms with van der Waals surface area (Å²) in [6, 6.07) is -0.289. The third-order valence-electron chi connectivity index (χ3n) is 1.53. The predicted octanol–water partition coefficient (Wildman–Crippen LogP) is 0.262. The van der Waals surface area contributed by atoms with Gasteiger partial charge in [0.15, 0.2) is 5.96 Å². The van der Waals surface area contributed by atoms with Gasteiger partial charge in [-0.3, -0.25) is 10.3 Å². The third kappa shape index (κ3) is 2.10. The van der Waals surface area contributed by atoms with Gasteiger partial charge in [0.1, 0.15) is 0 Å². The minimum Gasteiger partial charge on any atom is -0.370 e. The molecule has 0 aliphatic carbocycles. The number of nitrogens with one attached hydrogen (secondary N) is 2. The van der Waals surface area contributed by atoms with Gasteiger partial charge in [0.2, 0.25) is 0 Å². The van der Waals surface area contributed by atoms with Crippen LogP contribution in [0.5, 0.6) is 0 Å². The first-order valence-corrected chi connectivity index (χ1v) is 3.36. The minimum atomic E-state index is -0.289. The molecule has 0 aromatic carbocycles. The maximum atomic E-state index is 11.0. The van der Waals surface area contributed by atoms with Gasteiger partial charge in [0, 0.05) is 0 Å². The Hall–Kier alpha value is -0.780. The summed E-state index contributed by atoms with van der Waals surface area (Å²) < 4.78 is 0. The molecule has 6 heteroatoms. The molecule has 1 rings (SSSR count). The molecule has 0 bridgehead atoms. The normalized spacial score (nSPS) is 19.8. The van der Waals surface area contributed by atoms with E-state index < -0.39 is 0 Å². The lowest BCUT2D eigenvalue weighted by Gasteiger charge is -2.15. The fourth-order valence-corrected chi connectivity index (χ4v) is 1.06. The van der Waals surface area contributed by atoms with Crippen molar-refractivity contribution in [2.24, 2.45) is 5.73 Å². The lowest BCUT2D eigenvalue weighted by Crippen LogP contribution is -2.38. The lowest BCUT2D eigenvalue weighted by atomic mass is 10.1. The molecule has 1 saturated heterocycles. The van der Waals surface area contributed by atoms with E-state index in [4.69, 9.17) is 11.1 Å². The summed E-state index contributed by atoms with van der Waals surface area (Å²) in [7, 11) is 0. The Kier molecular flexibility index (Phi) is 3.09. The Morgan fingerprint density at radius 2 is 2.25 bits per heavy atom. The van der Waals surface area contributed by atoms with Crippen LogP contribution in [0.15, 0.2) is 0 Å². The number of hydrogen-bond donors (Lipinski definition) is 3. The molecule has 1 aliphatic rings. The second-order valence-electron chi connectivity index (χ2n) is 3.29. The molecule has 1 aliphatic heterocycles. The Bertz CT molecular complexity index is 216. The summed E-state index contributed by atoms with van der Waals surface area (Å²) >= 11 is 0. The van der Waals surface area contributed by atoms with E-state index in [1.807, 2.05) is 13.8 Å². The largest absolute Gasteiger partial charge is 0.370 e. The van der Waals surface area contributed by atoms with Crippen LogP contribution in [0.1, 0.15) is 13.8 Å². The Morgan fingerprint density at radius 1 is 1.75 bits per heavy atom. The first-order chi connectivity index (χ1) is 4.92. The SMILES string of the molecule is Br.CC1(C)CN(C(=N)N)C(=O)N1. The predicted molar refractivity (Wildman–Crippen MR) is 51.6 cm³/mol. The summed E-state index contributed by atoms with van der Waals surface area (Å²) in [5.41, 5.74) is 4.88. The Labute approximate surface area is 81.6 Å². The van der Waals surface area contributed by atoms with Crippen molar-refractivity contribution in [2.75, 3.05) is 6.54 Å². The zero-order valence-corrected chi connectivity index (χ0v) is 8.76. The number of halogens is 1. The Balaban J connectivity index is 0.00000121. The summed E-state index contributed by atoms with van der Waals surface area (Å²) in [5.74, 6) is -0.201. The molecule has 0 atom stereocenters. The molecular formula is C6H13BrN4O. The molecule has 70 valence electrons. The monoisotopic (exact) mass is 236 g/mol. The van der Waals surface area contributed by atoms with Crippen LogP contribution < -0.4 is 11.1 Å². The second-order valence-corrected chi connectivity index (χ2v) is 3.29. The van der Waals surface area contributed by atoms with E-state index in [0.29, 0.717) is 6.54 Å². The van der Waals surface area contributed by atoms with Crippen molar-refractivity contribution >= 4 is 29.0 Å². The Morgan fingerprint density at radius 3 is 2.42 bits per heavy atom. The molecule has 0 unspecified atom stereocenters. The zero-order valence-electron chi connectivity index (χ0n) is 7.05. The van der Waals surface area contributed by atoms with Crippen LogP contribution in [-0.2, 0) is 0 Å². The van der Waals surface area contributed by atoms with Gasteiger partial charge < -0.3 is 11.1 Å². The molecule has 1 fully saturated rings. The summed E-state index contributed by atoms with van der Waals surface area (Å²) in [6.45, 7) is 4.23. The molecule has 0 spiro atoms. The van der Waals surface area contributed by atoms with E-state index in [2.05, 4.69) is 5.32 Å². The standard InChI is InChI=1S/C6H12N4O.BrH/c1-6(2)3-10(4(7)8)5(11)9-6;/h3H2,1-2H3,(H3,7,8)(H,9,11);1H. The highest BCUT2D eigenvalue weighted by molar-refractivity contribution is 8.93. The number of carbonyl (C=O) groups excluding carboxylic acids is 1. The number of guanidine groups is 1. The number of amides is 2. The average Bonchev–Trinajstić information content (AvgIpc) is 2.05. The fourth-order valence-electron chi connectivity index (χ4n) is 1.06. The number of nitrogens with zero attached hydrogens (tertiary/aromatic N) is 1. The topological polar surface area (TPSA) is 82.2 Å². The number of carbonyl (C=O) groups is 1. The summed E-state index contributed by atoms with van der Waals surface area (Å²) in [6.07, 6.45) is 0. The quantitative estimate of drug-likeness (QED) is 0.417. The molecule has 0 saturated carbocycles. The van der Waals surface area contributed by atoms with E-state index in [-0.39, 0.29) is 34.5 Å². The number of nitrogens with two attached hydrogens (primary N) is 1. The van der Waals surface area contributed by atoms with Gasteiger partial charge in [-0.05, 0) is 13.8 Å². The highest BCUT2D eigenvalue weighted by Gasteiger charge is 2.35. The number of rotatable bonds is 0. The minimum absolute atomic E-state index is 0. The van der Waals surface area contributed by atoms with Crippen molar-refractivity contribution in [3.8, 4) is 0 Å². The first-order valence-electron chi connectivity index (χ1n) is 3.36. The van der Waals surface area contributed by atoms with Crippen molar-refractivity contribution in [1.29, 1.82) is 5.41 Å². The molecule has 1 heterocycles. The van der Waals surface area contributed by atoms with Crippen LogP contribution in [0.2, 0.25) is 0 Å². The van der Waals surface area contributed by atoms with Crippen LogP contribution in [0.3, 0.4) is 0 Å². The van der Waals surface area contributed by atoms with Gasteiger partial charge in [-0.1, -0.05) is 0 Å². The van der Waals surface area contributed by atoms with Crippen molar-refractivity contribution < 1.29 is 4.79 Å². The molecule has 4 N–H and O–H groups in total. The summed E-state index contributed by atoms with van der Waals surface area (Å²) in [4.78, 5) is 12.2. The lowest BCUT2D eigenvalue weighted by molar-refractivity contribution is 0.233. The van der Waals surface area contributed by atoms with E-state index in [1.54, 1.807) is 0 Å². The van der Waals surface area contributed by atoms with Crippen LogP contribution in [0.25, 0.3) is 0 Å². The van der Waals surface area contributed by atoms with E-state index in [9.17, 15) is 4.79 Å². The molecule has 0 aromatic rings. The van der Waals surface area contributed by atoms with Gasteiger partial charge >= 0.3 is 6.03 Å². The van der Waals surface area contributed by atoms with E-state index >= 15 is 0 Å². The van der Waals surface area contributed by atoms with Gasteiger partial charge in [-0.15, -0.1) is 17.0 Å². The van der Waals surface area contributed by atoms with Crippen molar-refractivity contribution in [3.05, 3.63) is 0 Å². The van der Waals surface area contributed by atoms with Crippen LogP contribution in [0.4, 0.5) is 4.79 Å². The van der Waals surface area contributed by atoms with Crippen LogP contribution in [-0.4, -0.2) is 29.0 Å². The highest BCUT2D eigenvalue weighted by atomic mass is 79.9. The molecular weight excluding hydrogens is 224 g/mol. The first kappa shape index (κ1) is 11.2. The number of urea groups is 1. The zero-order chi connectivity index (χ0) is 8.65. The average molecular weight is 237 g/mol. The van der Waals surface area contributed by atoms with Gasteiger partial charge in [0.05, 0.1) is 12.1 Å². The van der Waals surface area contributed by atoms with Gasteiger partial charge in [0.25, 0.3) is 0 Å². The maximum Gasteiger partial charge on any atom is 0.324 e. The molecule has 2 amide bonds. The van der Waals surface area contributed by atoms with Gasteiger partial charge in [-0.2, -0.15) is 0 Å². The summed E-state index contributed by atoms with van der Waals surface area (Å²) in [5, 5.41) is 9.73. The fraction of sp³-hybridized carbons (Fsp3) is 0.667. The van der Waals surface area contributed by atoms with Crippen LogP contribution in [0, 0.1) is 5.41 Å². The van der Waals surface area contributed by atoms with Crippen molar-refractivity contribution in [2.45, 2.75) is 19.4 Å². The second kappa shape index (κ2) is 3.30.